The third kappa shape index (κ3) is 505. The van der Waals surface area contributed by atoms with Crippen LogP contribution in [0.5, 0.6) is 0 Å². The maximum absolute atomic E-state index is 7.26. The molecule has 0 spiro atoms. The van der Waals surface area contributed by atoms with Crippen molar-refractivity contribution >= 4 is 32.0 Å². The molecule has 0 rings (SSSR count). The van der Waals surface area contributed by atoms with E-state index in [0.29, 0.717) is 0 Å². The van der Waals surface area contributed by atoms with Crippen LogP contribution in [0.15, 0.2) is 0 Å². The summed E-state index contributed by atoms with van der Waals surface area (Å²) in [4.78, 5) is 3.25. The second-order valence-corrected chi connectivity index (χ2v) is 0.949. The van der Waals surface area contributed by atoms with Crippen LogP contribution in [0.2, 0.25) is 0 Å². The molecule has 0 heterocycles. The molecule has 0 aliphatic heterocycles. The van der Waals surface area contributed by atoms with E-state index in [1.165, 1.54) is 0 Å². The van der Waals surface area contributed by atoms with Crippen molar-refractivity contribution in [2.24, 2.45) is 0 Å². The normalized spacial score (nSPS) is 2.00. The predicted molar refractivity (Wildman–Crippen MR) is 22.7 cm³/mol. The number of hydrogen-bond donors (Lipinski definition) is 0. The molecule has 0 amide bonds. The first-order valence-corrected chi connectivity index (χ1v) is 2.57. The van der Waals surface area contributed by atoms with Crippen molar-refractivity contribution in [3.63, 3.8) is 0 Å². The Labute approximate surface area is 68.8 Å². The first-order valence-electron chi connectivity index (χ1n) is 0.855. The zero-order chi connectivity index (χ0) is 5.41. The molecule has 0 saturated carbocycles. The van der Waals surface area contributed by atoms with Crippen LogP contribution < -0.4 is 0 Å². The standard InChI is InChI=1S/2CNSe.Ni/c2*2-1-3;. The Hall–Kier alpha value is 0.512. The Morgan fingerprint density at radius 1 is 1.00 bits per heavy atom. The minimum atomic E-state index is 0. The summed E-state index contributed by atoms with van der Waals surface area (Å²) >= 11 is 4.22. The molecular formula is C2N2NiSe2. The largest absolute Gasteiger partial charge is 0 e. The number of nitrogens with zero attached hydrogens (tertiary/aromatic N) is 2. The fraction of sp³-hybridized carbons (Fsp3) is 0. The number of hydrogen-bond acceptors (Lipinski definition) is 2. The summed E-state index contributed by atoms with van der Waals surface area (Å²) in [7, 11) is 0. The molecule has 0 bridgehead atoms. The molecule has 40 valence electrons. The Morgan fingerprint density at radius 3 is 1.00 bits per heavy atom. The first-order chi connectivity index (χ1) is 2.83. The van der Waals surface area contributed by atoms with Crippen LogP contribution in [0.4, 0.5) is 0 Å². The third-order valence-electron chi connectivity index (χ3n) is 0. The summed E-state index contributed by atoms with van der Waals surface area (Å²) in [6, 6.07) is 0. The van der Waals surface area contributed by atoms with Crippen molar-refractivity contribution in [2.45, 2.75) is 0 Å². The SMILES string of the molecule is N#C[Se].N#C[Se].[Ni]. The molecule has 0 aliphatic carbocycles. The summed E-state index contributed by atoms with van der Waals surface area (Å²) < 4.78 is 0. The van der Waals surface area contributed by atoms with Gasteiger partial charge in [-0.05, 0) is 0 Å². The van der Waals surface area contributed by atoms with Crippen molar-refractivity contribution in [2.75, 3.05) is 0 Å². The van der Waals surface area contributed by atoms with Crippen molar-refractivity contribution < 1.29 is 16.5 Å². The van der Waals surface area contributed by atoms with Gasteiger partial charge in [0.1, 0.15) is 0 Å². The van der Waals surface area contributed by atoms with Gasteiger partial charge in [0.25, 0.3) is 0 Å². The fourth-order valence-corrected chi connectivity index (χ4v) is 0. The molecular weight excluding hydrogens is 269 g/mol. The average molecular weight is 269 g/mol. The molecule has 0 aromatic carbocycles. The van der Waals surface area contributed by atoms with Gasteiger partial charge >= 0.3 is 52.5 Å². The zero-order valence-electron chi connectivity index (χ0n) is 3.03. The molecule has 5 heteroatoms. The summed E-state index contributed by atoms with van der Waals surface area (Å²) in [6.45, 7) is 0. The van der Waals surface area contributed by atoms with Crippen LogP contribution in [-0.2, 0) is 16.5 Å². The minimum absolute atomic E-state index is 0. The van der Waals surface area contributed by atoms with E-state index in [0.717, 1.165) is 0 Å². The van der Waals surface area contributed by atoms with Gasteiger partial charge in [-0.15, -0.1) is 0 Å². The van der Waals surface area contributed by atoms with Gasteiger partial charge < -0.3 is 0 Å². The summed E-state index contributed by atoms with van der Waals surface area (Å²) in [6.07, 6.45) is 0. The molecule has 2 nitrogen and oxygen atoms in total. The zero-order valence-corrected chi connectivity index (χ0v) is 7.44. The van der Waals surface area contributed by atoms with Gasteiger partial charge in [-0.1, -0.05) is 0 Å². The summed E-state index contributed by atoms with van der Waals surface area (Å²) in [5, 5.41) is 14.5. The molecule has 0 aromatic rings. The molecule has 0 unspecified atom stereocenters. The second-order valence-electron chi connectivity index (χ2n) is 0.183. The molecule has 7 heavy (non-hydrogen) atoms. The maximum Gasteiger partial charge on any atom is 0 e. The smallest absolute Gasteiger partial charge is 0 e. The third-order valence-corrected chi connectivity index (χ3v) is 0. The first kappa shape index (κ1) is 15.6. The van der Waals surface area contributed by atoms with Crippen LogP contribution in [0.1, 0.15) is 0 Å². The van der Waals surface area contributed by atoms with E-state index in [2.05, 4.69) is 32.0 Å². The van der Waals surface area contributed by atoms with E-state index in [4.69, 9.17) is 10.5 Å². The van der Waals surface area contributed by atoms with Crippen molar-refractivity contribution in [3.8, 4) is 9.94 Å². The monoisotopic (exact) mass is 270 g/mol. The van der Waals surface area contributed by atoms with Crippen LogP contribution in [0, 0.1) is 20.5 Å². The molecule has 0 aliphatic rings. The van der Waals surface area contributed by atoms with Gasteiger partial charge in [-0.3, -0.25) is 0 Å². The van der Waals surface area contributed by atoms with E-state index in [-0.39, 0.29) is 16.5 Å². The molecule has 0 aromatic heterocycles. The topological polar surface area (TPSA) is 47.6 Å². The van der Waals surface area contributed by atoms with Gasteiger partial charge in [-0.2, -0.15) is 0 Å². The number of rotatable bonds is 0. The Bertz CT molecular complexity index is 68.7. The molecule has 0 saturated heterocycles. The molecule has 0 atom stereocenters. The van der Waals surface area contributed by atoms with Crippen LogP contribution in [-0.4, -0.2) is 32.0 Å². The minimum Gasteiger partial charge on any atom is 0 e. The Balaban J connectivity index is -0.0000000400. The van der Waals surface area contributed by atoms with Gasteiger partial charge in [0.2, 0.25) is 0 Å². The van der Waals surface area contributed by atoms with Crippen LogP contribution >= 0.6 is 0 Å². The van der Waals surface area contributed by atoms with Crippen LogP contribution in [0.25, 0.3) is 0 Å². The van der Waals surface area contributed by atoms with E-state index >= 15 is 0 Å². The molecule has 0 N–H and O–H groups in total. The molecule has 2 radical (unpaired) electrons. The van der Waals surface area contributed by atoms with E-state index in [9.17, 15) is 0 Å². The van der Waals surface area contributed by atoms with Gasteiger partial charge in [0.15, 0.2) is 0 Å². The Kier molecular flexibility index (Phi) is 70.1. The van der Waals surface area contributed by atoms with E-state index in [1.807, 2.05) is 0 Å². The summed E-state index contributed by atoms with van der Waals surface area (Å²) in [5.74, 6) is 0. The van der Waals surface area contributed by atoms with Crippen molar-refractivity contribution in [3.05, 3.63) is 0 Å². The Morgan fingerprint density at radius 2 is 1.00 bits per heavy atom. The molecule has 0 fully saturated rings. The average Bonchev–Trinajstić information content (AvgIpc) is 1.39. The van der Waals surface area contributed by atoms with Gasteiger partial charge in [-0.25, -0.2) is 0 Å². The fourth-order valence-electron chi connectivity index (χ4n) is 0. The van der Waals surface area contributed by atoms with Gasteiger partial charge in [0.05, 0.1) is 0 Å². The quantitative estimate of drug-likeness (QED) is 0.544. The second kappa shape index (κ2) is 31.3. The predicted octanol–water partition coefficient (Wildman–Crippen LogP) is -0.731. The summed E-state index contributed by atoms with van der Waals surface area (Å²) in [5.41, 5.74) is 0. The number of nitriles is 2. The van der Waals surface area contributed by atoms with Crippen molar-refractivity contribution in [1.82, 2.24) is 0 Å². The van der Waals surface area contributed by atoms with Gasteiger partial charge in [0, 0.05) is 16.5 Å². The van der Waals surface area contributed by atoms with E-state index < -0.39 is 0 Å². The maximum atomic E-state index is 7.26. The van der Waals surface area contributed by atoms with Crippen LogP contribution in [0.3, 0.4) is 0 Å². The van der Waals surface area contributed by atoms with E-state index in [1.54, 1.807) is 9.94 Å². The van der Waals surface area contributed by atoms with Crippen molar-refractivity contribution in [1.29, 1.82) is 10.5 Å².